The van der Waals surface area contributed by atoms with Crippen LogP contribution in [0.1, 0.15) is 16.7 Å². The lowest BCUT2D eigenvalue weighted by Gasteiger charge is -2.28. The summed E-state index contributed by atoms with van der Waals surface area (Å²) in [5.41, 5.74) is 8.55. The summed E-state index contributed by atoms with van der Waals surface area (Å²) in [5, 5.41) is 9.64. The van der Waals surface area contributed by atoms with Gasteiger partial charge in [-0.1, -0.05) is 60.2 Å². The minimum absolute atomic E-state index is 0.111. The van der Waals surface area contributed by atoms with Crippen LogP contribution in [0.2, 0.25) is 0 Å². The van der Waals surface area contributed by atoms with E-state index in [2.05, 4.69) is 0 Å². The van der Waals surface area contributed by atoms with Crippen molar-refractivity contribution in [1.29, 1.82) is 0 Å². The van der Waals surface area contributed by atoms with Gasteiger partial charge in [-0.05, 0) is 18.1 Å². The van der Waals surface area contributed by atoms with E-state index < -0.39 is 5.54 Å². The first-order valence-corrected chi connectivity index (χ1v) is 5.69. The number of benzene rings is 2. The molecule has 2 aromatic carbocycles. The van der Waals surface area contributed by atoms with E-state index in [1.54, 1.807) is 0 Å². The largest absolute Gasteiger partial charge is 0.394 e. The lowest BCUT2D eigenvalue weighted by Crippen LogP contribution is -2.41. The summed E-state index contributed by atoms with van der Waals surface area (Å²) in [6, 6.07) is 17.6. The molecule has 2 nitrogen and oxygen atoms in total. The Balaban J connectivity index is 2.48. The van der Waals surface area contributed by atoms with Gasteiger partial charge in [-0.3, -0.25) is 0 Å². The van der Waals surface area contributed by atoms with Gasteiger partial charge >= 0.3 is 0 Å². The number of aryl methyl sites for hydroxylation is 1. The first-order valence-electron chi connectivity index (χ1n) is 5.69. The molecule has 0 aromatic heterocycles. The standard InChI is InChI=1S/C15H17NO/c1-12-7-9-14(10-8-12)15(16,11-17)13-5-3-2-4-6-13/h2-10,17H,11,16H2,1H3. The molecule has 3 N–H and O–H groups in total. The van der Waals surface area contributed by atoms with Gasteiger partial charge in [0.1, 0.15) is 0 Å². The zero-order valence-corrected chi connectivity index (χ0v) is 9.93. The smallest absolute Gasteiger partial charge is 0.0900 e. The van der Waals surface area contributed by atoms with Crippen LogP contribution in [-0.2, 0) is 5.54 Å². The van der Waals surface area contributed by atoms with Crippen molar-refractivity contribution in [3.63, 3.8) is 0 Å². The number of hydrogen-bond donors (Lipinski definition) is 2. The van der Waals surface area contributed by atoms with Gasteiger partial charge < -0.3 is 10.8 Å². The van der Waals surface area contributed by atoms with Crippen molar-refractivity contribution < 1.29 is 5.11 Å². The molecule has 0 aliphatic rings. The summed E-state index contributed by atoms with van der Waals surface area (Å²) in [4.78, 5) is 0. The molecule has 0 spiro atoms. The van der Waals surface area contributed by atoms with Gasteiger partial charge in [0, 0.05) is 0 Å². The molecule has 0 radical (unpaired) electrons. The molecule has 1 unspecified atom stereocenters. The van der Waals surface area contributed by atoms with E-state index >= 15 is 0 Å². The van der Waals surface area contributed by atoms with Gasteiger partial charge in [0.05, 0.1) is 12.1 Å². The van der Waals surface area contributed by atoms with Crippen LogP contribution in [0.15, 0.2) is 54.6 Å². The molecule has 0 saturated heterocycles. The summed E-state index contributed by atoms with van der Waals surface area (Å²) in [5.74, 6) is 0. The molecule has 0 fully saturated rings. The highest BCUT2D eigenvalue weighted by molar-refractivity contribution is 5.38. The quantitative estimate of drug-likeness (QED) is 0.844. The SMILES string of the molecule is Cc1ccc(C(N)(CO)c2ccccc2)cc1. The molecule has 2 heteroatoms. The molecule has 2 rings (SSSR count). The van der Waals surface area contributed by atoms with Crippen molar-refractivity contribution in [1.82, 2.24) is 0 Å². The summed E-state index contributed by atoms with van der Waals surface area (Å²) in [6.45, 7) is 1.92. The van der Waals surface area contributed by atoms with Crippen molar-refractivity contribution >= 4 is 0 Å². The average Bonchev–Trinajstić information content (AvgIpc) is 2.40. The number of aliphatic hydroxyl groups excluding tert-OH is 1. The summed E-state index contributed by atoms with van der Waals surface area (Å²) < 4.78 is 0. The highest BCUT2D eigenvalue weighted by Gasteiger charge is 2.28. The molecule has 2 aromatic rings. The second-order valence-corrected chi connectivity index (χ2v) is 4.36. The maximum atomic E-state index is 9.64. The Bertz CT molecular complexity index is 478. The number of hydrogen-bond acceptors (Lipinski definition) is 2. The highest BCUT2D eigenvalue weighted by atomic mass is 16.3. The third kappa shape index (κ3) is 2.23. The van der Waals surface area contributed by atoms with Gasteiger partial charge in [-0.2, -0.15) is 0 Å². The molecule has 88 valence electrons. The van der Waals surface area contributed by atoms with Crippen molar-refractivity contribution in [2.45, 2.75) is 12.5 Å². The number of rotatable bonds is 3. The normalized spacial score (nSPS) is 14.3. The van der Waals surface area contributed by atoms with E-state index in [9.17, 15) is 5.11 Å². The fourth-order valence-corrected chi connectivity index (χ4v) is 1.94. The topological polar surface area (TPSA) is 46.2 Å². The predicted octanol–water partition coefficient (Wildman–Crippen LogP) is 2.19. The van der Waals surface area contributed by atoms with E-state index in [0.717, 1.165) is 11.1 Å². The lowest BCUT2D eigenvalue weighted by atomic mass is 9.84. The fourth-order valence-electron chi connectivity index (χ4n) is 1.94. The lowest BCUT2D eigenvalue weighted by molar-refractivity contribution is 0.223. The Labute approximate surface area is 102 Å². The van der Waals surface area contributed by atoms with Crippen molar-refractivity contribution in [2.75, 3.05) is 6.61 Å². The molecule has 17 heavy (non-hydrogen) atoms. The minimum Gasteiger partial charge on any atom is -0.394 e. The molecule has 0 amide bonds. The van der Waals surface area contributed by atoms with Gasteiger partial charge in [0.2, 0.25) is 0 Å². The minimum atomic E-state index is -0.824. The number of nitrogens with two attached hydrogens (primary N) is 1. The van der Waals surface area contributed by atoms with Crippen LogP contribution in [0.5, 0.6) is 0 Å². The van der Waals surface area contributed by atoms with E-state index in [0.29, 0.717) is 0 Å². The first kappa shape index (κ1) is 11.8. The van der Waals surface area contributed by atoms with Crippen LogP contribution in [0.4, 0.5) is 0 Å². The maximum absolute atomic E-state index is 9.64. The second-order valence-electron chi connectivity index (χ2n) is 4.36. The Morgan fingerprint density at radius 1 is 0.941 bits per heavy atom. The second kappa shape index (κ2) is 4.70. The van der Waals surface area contributed by atoms with E-state index in [-0.39, 0.29) is 6.61 Å². The maximum Gasteiger partial charge on any atom is 0.0900 e. The zero-order valence-electron chi connectivity index (χ0n) is 9.93. The molecule has 1 atom stereocenters. The third-order valence-electron chi connectivity index (χ3n) is 3.11. The van der Waals surface area contributed by atoms with E-state index in [1.165, 1.54) is 5.56 Å². The fraction of sp³-hybridized carbons (Fsp3) is 0.200. The molecular formula is C15H17NO. The van der Waals surface area contributed by atoms with Crippen molar-refractivity contribution in [3.05, 3.63) is 71.3 Å². The molecule has 0 aliphatic carbocycles. The van der Waals surface area contributed by atoms with Crippen LogP contribution < -0.4 is 5.73 Å². The van der Waals surface area contributed by atoms with Crippen molar-refractivity contribution in [2.24, 2.45) is 5.73 Å². The van der Waals surface area contributed by atoms with E-state index in [1.807, 2.05) is 61.5 Å². The van der Waals surface area contributed by atoms with Gasteiger partial charge in [0.15, 0.2) is 0 Å². The molecule has 0 bridgehead atoms. The summed E-state index contributed by atoms with van der Waals surface area (Å²) in [6.07, 6.45) is 0. The molecule has 0 saturated carbocycles. The Morgan fingerprint density at radius 3 is 2.00 bits per heavy atom. The van der Waals surface area contributed by atoms with E-state index in [4.69, 9.17) is 5.73 Å². The Hall–Kier alpha value is -1.64. The van der Waals surface area contributed by atoms with Gasteiger partial charge in [-0.25, -0.2) is 0 Å². The van der Waals surface area contributed by atoms with Crippen LogP contribution in [-0.4, -0.2) is 11.7 Å². The number of aliphatic hydroxyl groups is 1. The average molecular weight is 227 g/mol. The third-order valence-corrected chi connectivity index (χ3v) is 3.11. The highest BCUT2D eigenvalue weighted by Crippen LogP contribution is 2.26. The summed E-state index contributed by atoms with van der Waals surface area (Å²) in [7, 11) is 0. The van der Waals surface area contributed by atoms with Crippen molar-refractivity contribution in [3.8, 4) is 0 Å². The van der Waals surface area contributed by atoms with Crippen LogP contribution in [0.3, 0.4) is 0 Å². The van der Waals surface area contributed by atoms with Crippen LogP contribution in [0, 0.1) is 6.92 Å². The monoisotopic (exact) mass is 227 g/mol. The molecule has 0 aliphatic heterocycles. The summed E-state index contributed by atoms with van der Waals surface area (Å²) >= 11 is 0. The van der Waals surface area contributed by atoms with Gasteiger partial charge in [-0.15, -0.1) is 0 Å². The predicted molar refractivity (Wildman–Crippen MR) is 69.7 cm³/mol. The Morgan fingerprint density at radius 2 is 1.47 bits per heavy atom. The van der Waals surface area contributed by atoms with Gasteiger partial charge in [0.25, 0.3) is 0 Å². The Kier molecular flexibility index (Phi) is 3.27. The zero-order chi connectivity index (χ0) is 12.3. The first-order chi connectivity index (χ1) is 8.16. The molecular weight excluding hydrogens is 210 g/mol. The van der Waals surface area contributed by atoms with Crippen LogP contribution in [0.25, 0.3) is 0 Å². The van der Waals surface area contributed by atoms with Crippen LogP contribution >= 0.6 is 0 Å². The molecule has 0 heterocycles.